The standard InChI is InChI=1S/C19H22N4O3/c1-13-17(14(2)23(22-13)11-5-10-20)8-9-18(24)21-16-7-4-6-15(12-16)19(25)26-3/h4,6-7,12H,5,8-9,11H2,1-3H3,(H,21,24). The van der Waals surface area contributed by atoms with E-state index in [2.05, 4.69) is 21.2 Å². The molecule has 136 valence electrons. The average molecular weight is 354 g/mol. The van der Waals surface area contributed by atoms with Gasteiger partial charge in [-0.15, -0.1) is 0 Å². The van der Waals surface area contributed by atoms with Crippen molar-refractivity contribution in [3.63, 3.8) is 0 Å². The minimum Gasteiger partial charge on any atom is -0.465 e. The Balaban J connectivity index is 1.98. The first-order chi connectivity index (χ1) is 12.5. The Bertz CT molecular complexity index is 849. The molecule has 7 heteroatoms. The summed E-state index contributed by atoms with van der Waals surface area (Å²) in [7, 11) is 1.31. The van der Waals surface area contributed by atoms with E-state index < -0.39 is 5.97 Å². The third-order valence-corrected chi connectivity index (χ3v) is 4.14. The zero-order valence-electron chi connectivity index (χ0n) is 15.2. The summed E-state index contributed by atoms with van der Waals surface area (Å²) in [5, 5.41) is 15.9. The molecule has 0 bridgehead atoms. The number of ether oxygens (including phenoxy) is 1. The highest BCUT2D eigenvalue weighted by molar-refractivity contribution is 5.94. The normalized spacial score (nSPS) is 10.2. The van der Waals surface area contributed by atoms with E-state index >= 15 is 0 Å². The third-order valence-electron chi connectivity index (χ3n) is 4.14. The van der Waals surface area contributed by atoms with E-state index in [-0.39, 0.29) is 5.91 Å². The van der Waals surface area contributed by atoms with E-state index in [4.69, 9.17) is 5.26 Å². The van der Waals surface area contributed by atoms with Crippen LogP contribution in [-0.2, 0) is 22.5 Å². The summed E-state index contributed by atoms with van der Waals surface area (Å²) >= 11 is 0. The number of nitrogens with one attached hydrogen (secondary N) is 1. The summed E-state index contributed by atoms with van der Waals surface area (Å²) in [5.41, 5.74) is 3.83. The SMILES string of the molecule is COC(=O)c1cccc(NC(=O)CCc2c(C)nn(CCC#N)c2C)c1. The van der Waals surface area contributed by atoms with Gasteiger partial charge >= 0.3 is 5.97 Å². The van der Waals surface area contributed by atoms with Gasteiger partial charge in [-0.25, -0.2) is 4.79 Å². The topological polar surface area (TPSA) is 97.0 Å². The van der Waals surface area contributed by atoms with Crippen LogP contribution >= 0.6 is 0 Å². The van der Waals surface area contributed by atoms with Gasteiger partial charge in [0.1, 0.15) is 0 Å². The Morgan fingerprint density at radius 2 is 2.12 bits per heavy atom. The van der Waals surface area contributed by atoms with Crippen LogP contribution in [0.15, 0.2) is 24.3 Å². The Morgan fingerprint density at radius 3 is 2.81 bits per heavy atom. The van der Waals surface area contributed by atoms with Crippen LogP contribution < -0.4 is 5.32 Å². The van der Waals surface area contributed by atoms with Crippen molar-refractivity contribution in [2.45, 2.75) is 39.7 Å². The molecule has 0 spiro atoms. The van der Waals surface area contributed by atoms with Gasteiger partial charge in [-0.05, 0) is 44.0 Å². The Morgan fingerprint density at radius 1 is 1.35 bits per heavy atom. The Kier molecular flexibility index (Phi) is 6.50. The van der Waals surface area contributed by atoms with Gasteiger partial charge in [0.2, 0.25) is 5.91 Å². The molecule has 0 radical (unpaired) electrons. The first kappa shape index (κ1) is 19.2. The fourth-order valence-electron chi connectivity index (χ4n) is 2.77. The quantitative estimate of drug-likeness (QED) is 0.771. The predicted octanol–water partition coefficient (Wildman–Crippen LogP) is 2.77. The number of carbonyl (C=O) groups is 2. The van der Waals surface area contributed by atoms with Crippen LogP contribution in [0.2, 0.25) is 0 Å². The Hall–Kier alpha value is -3.14. The maximum Gasteiger partial charge on any atom is 0.337 e. The monoisotopic (exact) mass is 354 g/mol. The lowest BCUT2D eigenvalue weighted by Crippen LogP contribution is -2.13. The van der Waals surface area contributed by atoms with Gasteiger partial charge in [0.05, 0.1) is 37.4 Å². The van der Waals surface area contributed by atoms with E-state index in [1.165, 1.54) is 7.11 Å². The molecule has 0 aliphatic heterocycles. The highest BCUT2D eigenvalue weighted by atomic mass is 16.5. The first-order valence-electron chi connectivity index (χ1n) is 8.34. The number of carbonyl (C=O) groups excluding carboxylic acids is 2. The molecule has 2 aromatic rings. The van der Waals surface area contributed by atoms with Crippen LogP contribution in [0.25, 0.3) is 0 Å². The molecule has 0 fully saturated rings. The zero-order valence-corrected chi connectivity index (χ0v) is 15.2. The van der Waals surface area contributed by atoms with Crippen LogP contribution in [0.1, 0.15) is 40.2 Å². The predicted molar refractivity (Wildman–Crippen MR) is 96.7 cm³/mol. The molecule has 0 unspecified atom stereocenters. The maximum atomic E-state index is 12.2. The molecule has 1 amide bonds. The molecule has 26 heavy (non-hydrogen) atoms. The molecule has 1 aromatic carbocycles. The van der Waals surface area contributed by atoms with Gasteiger partial charge in [-0.1, -0.05) is 6.07 Å². The zero-order chi connectivity index (χ0) is 19.1. The van der Waals surface area contributed by atoms with Crippen LogP contribution in [0, 0.1) is 25.2 Å². The number of methoxy groups -OCH3 is 1. The van der Waals surface area contributed by atoms with Crippen molar-refractivity contribution in [3.8, 4) is 6.07 Å². The minimum atomic E-state index is -0.447. The number of nitrogens with zero attached hydrogens (tertiary/aromatic N) is 3. The van der Waals surface area contributed by atoms with E-state index in [9.17, 15) is 9.59 Å². The number of benzene rings is 1. The van der Waals surface area contributed by atoms with Crippen LogP contribution in [0.5, 0.6) is 0 Å². The number of aryl methyl sites for hydroxylation is 2. The van der Waals surface area contributed by atoms with Gasteiger partial charge in [0.25, 0.3) is 0 Å². The largest absolute Gasteiger partial charge is 0.465 e. The molecule has 0 atom stereocenters. The second-order valence-electron chi connectivity index (χ2n) is 5.90. The minimum absolute atomic E-state index is 0.143. The number of amides is 1. The molecule has 0 aliphatic carbocycles. The molecule has 1 N–H and O–H groups in total. The molecule has 0 saturated carbocycles. The molecular formula is C19H22N4O3. The fourth-order valence-corrected chi connectivity index (χ4v) is 2.77. The van der Waals surface area contributed by atoms with Crippen LogP contribution in [0.3, 0.4) is 0 Å². The second-order valence-corrected chi connectivity index (χ2v) is 5.90. The number of hydrogen-bond donors (Lipinski definition) is 1. The van der Waals surface area contributed by atoms with Gasteiger partial charge in [0, 0.05) is 17.8 Å². The van der Waals surface area contributed by atoms with Crippen LogP contribution in [-0.4, -0.2) is 28.8 Å². The van der Waals surface area contributed by atoms with Crippen molar-refractivity contribution in [1.82, 2.24) is 9.78 Å². The van der Waals surface area contributed by atoms with E-state index in [0.29, 0.717) is 37.1 Å². The van der Waals surface area contributed by atoms with Crippen LogP contribution in [0.4, 0.5) is 5.69 Å². The van der Waals surface area contributed by atoms with Crippen molar-refractivity contribution in [2.24, 2.45) is 0 Å². The van der Waals surface area contributed by atoms with Crippen molar-refractivity contribution in [2.75, 3.05) is 12.4 Å². The summed E-state index contributed by atoms with van der Waals surface area (Å²) in [6.07, 6.45) is 1.26. The molecule has 7 nitrogen and oxygen atoms in total. The van der Waals surface area contributed by atoms with E-state index in [1.807, 2.05) is 18.5 Å². The lowest BCUT2D eigenvalue weighted by atomic mass is 10.1. The summed E-state index contributed by atoms with van der Waals surface area (Å²) in [6, 6.07) is 8.73. The van der Waals surface area contributed by atoms with Gasteiger partial charge in [-0.3, -0.25) is 9.48 Å². The molecule has 1 aromatic heterocycles. The average Bonchev–Trinajstić information content (AvgIpc) is 2.91. The fraction of sp³-hybridized carbons (Fsp3) is 0.368. The number of hydrogen-bond acceptors (Lipinski definition) is 5. The smallest absolute Gasteiger partial charge is 0.337 e. The van der Waals surface area contributed by atoms with E-state index in [0.717, 1.165) is 17.0 Å². The van der Waals surface area contributed by atoms with Gasteiger partial charge < -0.3 is 10.1 Å². The third kappa shape index (κ3) is 4.70. The number of aromatic nitrogens is 2. The molecule has 0 aliphatic rings. The second kappa shape index (κ2) is 8.81. The van der Waals surface area contributed by atoms with E-state index in [1.54, 1.807) is 24.3 Å². The van der Waals surface area contributed by atoms with Gasteiger partial charge in [-0.2, -0.15) is 10.4 Å². The lowest BCUT2D eigenvalue weighted by molar-refractivity contribution is -0.116. The summed E-state index contributed by atoms with van der Waals surface area (Å²) in [5.74, 6) is -0.590. The van der Waals surface area contributed by atoms with Gasteiger partial charge in [0.15, 0.2) is 0 Å². The molecule has 1 heterocycles. The highest BCUT2D eigenvalue weighted by Crippen LogP contribution is 2.17. The molecule has 0 saturated heterocycles. The number of nitriles is 1. The number of anilines is 1. The Labute approximate surface area is 152 Å². The number of esters is 1. The first-order valence-corrected chi connectivity index (χ1v) is 8.34. The summed E-state index contributed by atoms with van der Waals surface area (Å²) < 4.78 is 6.49. The lowest BCUT2D eigenvalue weighted by Gasteiger charge is -2.07. The number of rotatable bonds is 7. The molecular weight excluding hydrogens is 332 g/mol. The van der Waals surface area contributed by atoms with Crippen molar-refractivity contribution < 1.29 is 14.3 Å². The van der Waals surface area contributed by atoms with Crippen molar-refractivity contribution in [1.29, 1.82) is 5.26 Å². The summed E-state index contributed by atoms with van der Waals surface area (Å²) in [6.45, 7) is 4.41. The summed E-state index contributed by atoms with van der Waals surface area (Å²) in [4.78, 5) is 23.8. The maximum absolute atomic E-state index is 12.2. The van der Waals surface area contributed by atoms with Crippen molar-refractivity contribution >= 4 is 17.6 Å². The highest BCUT2D eigenvalue weighted by Gasteiger charge is 2.13. The molecule has 2 rings (SSSR count). The van der Waals surface area contributed by atoms with Crippen molar-refractivity contribution in [3.05, 3.63) is 46.8 Å².